The van der Waals surface area contributed by atoms with Crippen molar-refractivity contribution >= 4 is 11.9 Å². The predicted molar refractivity (Wildman–Crippen MR) is 39.5 cm³/mol. The fourth-order valence-electron chi connectivity index (χ4n) is 1.27. The van der Waals surface area contributed by atoms with Crippen LogP contribution in [-0.2, 0) is 14.3 Å². The molecule has 1 aliphatic heterocycles. The first-order valence-corrected chi connectivity index (χ1v) is 3.69. The summed E-state index contributed by atoms with van der Waals surface area (Å²) in [6.07, 6.45) is 0.321. The molecule has 0 aromatic rings. The van der Waals surface area contributed by atoms with E-state index in [2.05, 4.69) is 10.1 Å². The van der Waals surface area contributed by atoms with Gasteiger partial charge in [-0.3, -0.25) is 9.59 Å². The Bertz CT molecular complexity index is 204. The number of hydrogen-bond acceptors (Lipinski definition) is 4. The van der Waals surface area contributed by atoms with Gasteiger partial charge >= 0.3 is 11.9 Å². The lowest BCUT2D eigenvalue weighted by atomic mass is 10.1. The summed E-state index contributed by atoms with van der Waals surface area (Å²) in [7, 11) is 1.30. The summed E-state index contributed by atoms with van der Waals surface area (Å²) in [6.45, 7) is 0.393. The van der Waals surface area contributed by atoms with Crippen molar-refractivity contribution in [2.75, 3.05) is 13.7 Å². The van der Waals surface area contributed by atoms with Gasteiger partial charge in [0.25, 0.3) is 0 Å². The molecular weight excluding hydrogens is 162 g/mol. The minimum Gasteiger partial charge on any atom is -0.480 e. The fourth-order valence-corrected chi connectivity index (χ4v) is 1.27. The van der Waals surface area contributed by atoms with Crippen LogP contribution in [0.1, 0.15) is 6.42 Å². The number of carboxylic acids is 1. The largest absolute Gasteiger partial charge is 0.480 e. The van der Waals surface area contributed by atoms with Gasteiger partial charge in [-0.05, 0) is 6.42 Å². The average Bonchev–Trinajstić information content (AvgIpc) is 2.51. The van der Waals surface area contributed by atoms with Crippen molar-refractivity contribution in [3.05, 3.63) is 0 Å². The molecule has 0 aromatic carbocycles. The van der Waals surface area contributed by atoms with Crippen LogP contribution in [-0.4, -0.2) is 36.7 Å². The summed E-state index contributed by atoms with van der Waals surface area (Å²) >= 11 is 0. The highest BCUT2D eigenvalue weighted by atomic mass is 16.5. The van der Waals surface area contributed by atoms with Gasteiger partial charge in [0, 0.05) is 6.54 Å². The lowest BCUT2D eigenvalue weighted by Crippen LogP contribution is -2.29. The Morgan fingerprint density at radius 1 is 1.58 bits per heavy atom. The minimum atomic E-state index is -0.915. The van der Waals surface area contributed by atoms with Gasteiger partial charge < -0.3 is 15.2 Å². The molecule has 1 fully saturated rings. The number of carboxylic acid groups (broad SMARTS) is 1. The maximum absolute atomic E-state index is 10.9. The number of nitrogens with one attached hydrogen (secondary N) is 1. The highest BCUT2D eigenvalue weighted by molar-refractivity contribution is 5.78. The SMILES string of the molecule is COC(=O)C1CNC(C(=O)O)C1. The lowest BCUT2D eigenvalue weighted by molar-refractivity contribution is -0.144. The summed E-state index contributed by atoms with van der Waals surface area (Å²) in [4.78, 5) is 21.4. The molecule has 1 aliphatic rings. The fraction of sp³-hybridized carbons (Fsp3) is 0.714. The molecule has 12 heavy (non-hydrogen) atoms. The smallest absolute Gasteiger partial charge is 0.320 e. The van der Waals surface area contributed by atoms with Gasteiger partial charge in [0.05, 0.1) is 13.0 Å². The van der Waals surface area contributed by atoms with Crippen molar-refractivity contribution in [3.8, 4) is 0 Å². The van der Waals surface area contributed by atoms with Crippen molar-refractivity contribution in [2.24, 2.45) is 5.92 Å². The molecular formula is C7H11NO4. The zero-order valence-electron chi connectivity index (χ0n) is 6.74. The van der Waals surface area contributed by atoms with Crippen LogP contribution in [0.4, 0.5) is 0 Å². The maximum atomic E-state index is 10.9. The van der Waals surface area contributed by atoms with Gasteiger partial charge in [-0.25, -0.2) is 0 Å². The zero-order chi connectivity index (χ0) is 9.14. The number of carbonyl (C=O) groups is 2. The highest BCUT2D eigenvalue weighted by Crippen LogP contribution is 2.15. The Morgan fingerprint density at radius 3 is 2.67 bits per heavy atom. The molecule has 0 radical (unpaired) electrons. The van der Waals surface area contributed by atoms with Crippen LogP contribution in [0.5, 0.6) is 0 Å². The molecule has 68 valence electrons. The van der Waals surface area contributed by atoms with Crippen LogP contribution in [0.25, 0.3) is 0 Å². The molecule has 0 bridgehead atoms. The van der Waals surface area contributed by atoms with Crippen LogP contribution in [0.15, 0.2) is 0 Å². The van der Waals surface area contributed by atoms with E-state index in [1.165, 1.54) is 7.11 Å². The molecule has 5 nitrogen and oxygen atoms in total. The van der Waals surface area contributed by atoms with E-state index in [-0.39, 0.29) is 11.9 Å². The Hall–Kier alpha value is -1.10. The Balaban J connectivity index is 2.45. The van der Waals surface area contributed by atoms with Crippen molar-refractivity contribution in [3.63, 3.8) is 0 Å². The second-order valence-electron chi connectivity index (χ2n) is 2.75. The number of aliphatic carboxylic acids is 1. The molecule has 5 heteroatoms. The molecule has 0 spiro atoms. The number of carbonyl (C=O) groups excluding carboxylic acids is 1. The maximum Gasteiger partial charge on any atom is 0.320 e. The summed E-state index contributed by atoms with van der Waals surface area (Å²) in [5.41, 5.74) is 0. The van der Waals surface area contributed by atoms with E-state index in [0.717, 1.165) is 0 Å². The topological polar surface area (TPSA) is 75.6 Å². The zero-order valence-corrected chi connectivity index (χ0v) is 6.74. The van der Waals surface area contributed by atoms with Gasteiger partial charge in [0.2, 0.25) is 0 Å². The van der Waals surface area contributed by atoms with Crippen LogP contribution >= 0.6 is 0 Å². The second-order valence-corrected chi connectivity index (χ2v) is 2.75. The quantitative estimate of drug-likeness (QED) is 0.536. The predicted octanol–water partition coefficient (Wildman–Crippen LogP) is -0.778. The molecule has 0 saturated carbocycles. The van der Waals surface area contributed by atoms with E-state index < -0.39 is 12.0 Å². The van der Waals surface area contributed by atoms with E-state index >= 15 is 0 Å². The Labute approximate surface area is 69.7 Å². The van der Waals surface area contributed by atoms with Crippen LogP contribution < -0.4 is 5.32 Å². The third kappa shape index (κ3) is 1.73. The van der Waals surface area contributed by atoms with Crippen molar-refractivity contribution in [1.29, 1.82) is 0 Å². The number of ether oxygens (including phenoxy) is 1. The van der Waals surface area contributed by atoms with Crippen LogP contribution in [0, 0.1) is 5.92 Å². The molecule has 1 saturated heterocycles. The molecule has 2 atom stereocenters. The molecule has 0 aromatic heterocycles. The van der Waals surface area contributed by atoms with Crippen LogP contribution in [0.3, 0.4) is 0 Å². The van der Waals surface area contributed by atoms with Gasteiger partial charge in [0.15, 0.2) is 0 Å². The lowest BCUT2D eigenvalue weighted by Gasteiger charge is -2.04. The summed E-state index contributed by atoms with van der Waals surface area (Å²) in [5, 5.41) is 11.3. The molecule has 2 unspecified atom stereocenters. The monoisotopic (exact) mass is 173 g/mol. The van der Waals surface area contributed by atoms with E-state index in [1.807, 2.05) is 0 Å². The second kappa shape index (κ2) is 3.53. The normalized spacial score (nSPS) is 28.4. The van der Waals surface area contributed by atoms with Gasteiger partial charge in [-0.1, -0.05) is 0 Å². The number of rotatable bonds is 2. The Kier molecular flexibility index (Phi) is 2.65. The van der Waals surface area contributed by atoms with Crippen molar-refractivity contribution in [2.45, 2.75) is 12.5 Å². The van der Waals surface area contributed by atoms with E-state index in [9.17, 15) is 9.59 Å². The van der Waals surface area contributed by atoms with E-state index in [0.29, 0.717) is 13.0 Å². The average molecular weight is 173 g/mol. The first-order chi connectivity index (χ1) is 5.65. The van der Waals surface area contributed by atoms with E-state index in [4.69, 9.17) is 5.11 Å². The number of hydrogen-bond donors (Lipinski definition) is 2. The third-order valence-corrected chi connectivity index (χ3v) is 1.96. The van der Waals surface area contributed by atoms with Gasteiger partial charge in [-0.2, -0.15) is 0 Å². The molecule has 2 N–H and O–H groups in total. The van der Waals surface area contributed by atoms with Crippen molar-refractivity contribution in [1.82, 2.24) is 5.32 Å². The summed E-state index contributed by atoms with van der Waals surface area (Å²) in [6, 6.07) is -0.603. The molecule has 1 heterocycles. The first-order valence-electron chi connectivity index (χ1n) is 3.69. The molecule has 1 rings (SSSR count). The number of esters is 1. The summed E-state index contributed by atoms with van der Waals surface area (Å²) < 4.78 is 4.49. The molecule has 0 aliphatic carbocycles. The van der Waals surface area contributed by atoms with Crippen LogP contribution in [0.2, 0.25) is 0 Å². The number of methoxy groups -OCH3 is 1. The standard InChI is InChI=1S/C7H11NO4/c1-12-7(11)4-2-5(6(9)10)8-3-4/h4-5,8H,2-3H2,1H3,(H,9,10). The molecule has 0 amide bonds. The van der Waals surface area contributed by atoms with Crippen molar-refractivity contribution < 1.29 is 19.4 Å². The highest BCUT2D eigenvalue weighted by Gasteiger charge is 2.33. The Morgan fingerprint density at radius 2 is 2.25 bits per heavy atom. The third-order valence-electron chi connectivity index (χ3n) is 1.96. The van der Waals surface area contributed by atoms with Gasteiger partial charge in [-0.15, -0.1) is 0 Å². The van der Waals surface area contributed by atoms with E-state index in [1.54, 1.807) is 0 Å². The van der Waals surface area contributed by atoms with Gasteiger partial charge in [0.1, 0.15) is 6.04 Å². The summed E-state index contributed by atoms with van der Waals surface area (Å²) in [5.74, 6) is -1.57. The first kappa shape index (κ1) is 8.99. The minimum absolute atomic E-state index is 0.309.